The van der Waals surface area contributed by atoms with Crippen molar-refractivity contribution in [2.75, 3.05) is 19.1 Å². The molecule has 0 heterocycles. The number of rotatable bonds is 4. The molecule has 4 heteroatoms. The van der Waals surface area contributed by atoms with E-state index in [1.54, 1.807) is 13.2 Å². The molecule has 0 aliphatic rings. The molecule has 2 rings (SSSR count). The molecule has 0 radical (unpaired) electrons. The fraction of sp³-hybridized carbons (Fsp3) is 0.250. The number of methoxy groups -OCH3 is 1. The van der Waals surface area contributed by atoms with Crippen molar-refractivity contribution in [1.29, 1.82) is 0 Å². The molecule has 0 bridgehead atoms. The van der Waals surface area contributed by atoms with Crippen molar-refractivity contribution in [1.82, 2.24) is 0 Å². The van der Waals surface area contributed by atoms with E-state index in [-0.39, 0.29) is 11.8 Å². The number of anilines is 1. The molecule has 0 fully saturated rings. The molecule has 2 aromatic carbocycles. The average Bonchev–Trinajstić information content (AvgIpc) is 2.46. The van der Waals surface area contributed by atoms with Crippen molar-refractivity contribution in [3.63, 3.8) is 0 Å². The van der Waals surface area contributed by atoms with Gasteiger partial charge in [-0.05, 0) is 25.1 Å². The van der Waals surface area contributed by atoms with E-state index in [1.165, 1.54) is 6.07 Å². The summed E-state index contributed by atoms with van der Waals surface area (Å²) in [5.41, 5.74) is 1.47. The van der Waals surface area contributed by atoms with Gasteiger partial charge in [-0.3, -0.25) is 0 Å². The largest absolute Gasteiger partial charge is 0.508 e. The Kier molecular flexibility index (Phi) is 4.13. The highest BCUT2D eigenvalue weighted by Crippen LogP contribution is 2.30. The van der Waals surface area contributed by atoms with Crippen molar-refractivity contribution in [3.05, 3.63) is 53.8 Å². The number of phenols is 1. The number of halogens is 1. The first-order valence-corrected chi connectivity index (χ1v) is 6.38. The summed E-state index contributed by atoms with van der Waals surface area (Å²) in [5, 5.41) is 9.27. The molecule has 1 atom stereocenters. The second-order valence-electron chi connectivity index (χ2n) is 4.69. The standard InChI is InChI=1S/C16H18FNO2/c1-11(15-8-7-13(19)10-16(15)17)18(2)12-5-4-6-14(9-12)20-3/h4-11,19H,1-3H3. The number of hydrogen-bond donors (Lipinski definition) is 1. The summed E-state index contributed by atoms with van der Waals surface area (Å²) in [6.07, 6.45) is 0. The molecule has 0 aliphatic heterocycles. The molecule has 1 N–H and O–H groups in total. The van der Waals surface area contributed by atoms with Crippen LogP contribution in [-0.2, 0) is 0 Å². The smallest absolute Gasteiger partial charge is 0.132 e. The van der Waals surface area contributed by atoms with Gasteiger partial charge in [-0.25, -0.2) is 4.39 Å². The molecule has 0 amide bonds. The van der Waals surface area contributed by atoms with Crippen LogP contribution in [0.2, 0.25) is 0 Å². The summed E-state index contributed by atoms with van der Waals surface area (Å²) in [5.74, 6) is 0.280. The first kappa shape index (κ1) is 14.2. The Morgan fingerprint density at radius 2 is 1.95 bits per heavy atom. The van der Waals surface area contributed by atoms with Crippen LogP contribution in [-0.4, -0.2) is 19.3 Å². The summed E-state index contributed by atoms with van der Waals surface area (Å²) in [4.78, 5) is 1.96. The van der Waals surface area contributed by atoms with Crippen molar-refractivity contribution >= 4 is 5.69 Å². The number of aromatic hydroxyl groups is 1. The topological polar surface area (TPSA) is 32.7 Å². The Labute approximate surface area is 118 Å². The zero-order chi connectivity index (χ0) is 14.7. The number of phenolic OH excluding ortho intramolecular Hbond substituents is 1. The van der Waals surface area contributed by atoms with E-state index in [4.69, 9.17) is 4.74 Å². The molecule has 0 aromatic heterocycles. The predicted octanol–water partition coefficient (Wildman–Crippen LogP) is 3.74. The molecular weight excluding hydrogens is 257 g/mol. The third-order valence-electron chi connectivity index (χ3n) is 3.48. The summed E-state index contributed by atoms with van der Waals surface area (Å²) < 4.78 is 19.1. The maximum atomic E-state index is 13.9. The molecule has 2 aromatic rings. The molecule has 20 heavy (non-hydrogen) atoms. The Morgan fingerprint density at radius 3 is 2.60 bits per heavy atom. The van der Waals surface area contributed by atoms with E-state index in [0.717, 1.165) is 17.5 Å². The fourth-order valence-corrected chi connectivity index (χ4v) is 2.12. The van der Waals surface area contributed by atoms with Gasteiger partial charge in [0.1, 0.15) is 17.3 Å². The monoisotopic (exact) mass is 275 g/mol. The van der Waals surface area contributed by atoms with Crippen LogP contribution in [0.1, 0.15) is 18.5 Å². The molecule has 0 saturated carbocycles. The van der Waals surface area contributed by atoms with Gasteiger partial charge >= 0.3 is 0 Å². The van der Waals surface area contributed by atoms with E-state index >= 15 is 0 Å². The van der Waals surface area contributed by atoms with Gasteiger partial charge in [0.2, 0.25) is 0 Å². The molecule has 0 saturated heterocycles. The normalized spacial score (nSPS) is 12.0. The number of hydrogen-bond acceptors (Lipinski definition) is 3. The van der Waals surface area contributed by atoms with Gasteiger partial charge in [-0.15, -0.1) is 0 Å². The lowest BCUT2D eigenvalue weighted by atomic mass is 10.1. The number of benzene rings is 2. The third-order valence-corrected chi connectivity index (χ3v) is 3.48. The van der Waals surface area contributed by atoms with E-state index in [2.05, 4.69) is 0 Å². The van der Waals surface area contributed by atoms with Crippen LogP contribution in [0.4, 0.5) is 10.1 Å². The van der Waals surface area contributed by atoms with Crippen LogP contribution in [0.5, 0.6) is 11.5 Å². The van der Waals surface area contributed by atoms with Gasteiger partial charge in [-0.1, -0.05) is 12.1 Å². The molecular formula is C16H18FNO2. The highest BCUT2D eigenvalue weighted by Gasteiger charge is 2.17. The van der Waals surface area contributed by atoms with E-state index in [9.17, 15) is 9.50 Å². The molecule has 106 valence electrons. The van der Waals surface area contributed by atoms with Gasteiger partial charge in [0.15, 0.2) is 0 Å². The minimum Gasteiger partial charge on any atom is -0.508 e. The van der Waals surface area contributed by atoms with Gasteiger partial charge in [0, 0.05) is 30.4 Å². The van der Waals surface area contributed by atoms with Crippen LogP contribution in [0, 0.1) is 5.82 Å². The third kappa shape index (κ3) is 2.85. The lowest BCUT2D eigenvalue weighted by molar-refractivity contribution is 0.414. The van der Waals surface area contributed by atoms with Gasteiger partial charge in [0.25, 0.3) is 0 Å². The lowest BCUT2D eigenvalue weighted by Crippen LogP contribution is -2.22. The SMILES string of the molecule is COc1cccc(N(C)C(C)c2ccc(O)cc2F)c1. The Bertz CT molecular complexity index is 601. The van der Waals surface area contributed by atoms with E-state index < -0.39 is 5.82 Å². The van der Waals surface area contributed by atoms with Crippen molar-refractivity contribution in [2.45, 2.75) is 13.0 Å². The number of nitrogens with zero attached hydrogens (tertiary/aromatic N) is 1. The highest BCUT2D eigenvalue weighted by atomic mass is 19.1. The van der Waals surface area contributed by atoms with Crippen LogP contribution < -0.4 is 9.64 Å². The van der Waals surface area contributed by atoms with E-state index in [1.807, 2.05) is 43.1 Å². The van der Waals surface area contributed by atoms with Gasteiger partial charge < -0.3 is 14.7 Å². The van der Waals surface area contributed by atoms with Crippen LogP contribution in [0.25, 0.3) is 0 Å². The Morgan fingerprint density at radius 1 is 1.20 bits per heavy atom. The minimum absolute atomic E-state index is 0.0671. The van der Waals surface area contributed by atoms with Crippen molar-refractivity contribution < 1.29 is 14.2 Å². The van der Waals surface area contributed by atoms with Crippen LogP contribution in [0.15, 0.2) is 42.5 Å². The first-order chi connectivity index (χ1) is 9.52. The quantitative estimate of drug-likeness (QED) is 0.922. The minimum atomic E-state index is -0.410. The maximum absolute atomic E-state index is 13.9. The van der Waals surface area contributed by atoms with E-state index in [0.29, 0.717) is 5.56 Å². The summed E-state index contributed by atoms with van der Waals surface area (Å²) >= 11 is 0. The Balaban J connectivity index is 2.29. The zero-order valence-electron chi connectivity index (χ0n) is 11.8. The molecule has 1 unspecified atom stereocenters. The zero-order valence-corrected chi connectivity index (χ0v) is 11.8. The summed E-state index contributed by atoms with van der Waals surface area (Å²) in [6, 6.07) is 11.7. The van der Waals surface area contributed by atoms with Crippen LogP contribution >= 0.6 is 0 Å². The predicted molar refractivity (Wildman–Crippen MR) is 77.9 cm³/mol. The maximum Gasteiger partial charge on any atom is 0.132 e. The second kappa shape index (κ2) is 5.82. The summed E-state index contributed by atoms with van der Waals surface area (Å²) in [7, 11) is 3.51. The van der Waals surface area contributed by atoms with Gasteiger partial charge in [0.05, 0.1) is 13.2 Å². The first-order valence-electron chi connectivity index (χ1n) is 6.38. The lowest BCUT2D eigenvalue weighted by Gasteiger charge is -2.28. The molecule has 0 aliphatic carbocycles. The molecule has 0 spiro atoms. The highest BCUT2D eigenvalue weighted by molar-refractivity contribution is 5.52. The van der Waals surface area contributed by atoms with Gasteiger partial charge in [-0.2, -0.15) is 0 Å². The second-order valence-corrected chi connectivity index (χ2v) is 4.69. The van der Waals surface area contributed by atoms with Crippen LogP contribution in [0.3, 0.4) is 0 Å². The van der Waals surface area contributed by atoms with Crippen molar-refractivity contribution in [3.8, 4) is 11.5 Å². The molecule has 3 nitrogen and oxygen atoms in total. The number of ether oxygens (including phenoxy) is 1. The van der Waals surface area contributed by atoms with Crippen molar-refractivity contribution in [2.24, 2.45) is 0 Å². The Hall–Kier alpha value is -2.23. The summed E-state index contributed by atoms with van der Waals surface area (Å²) in [6.45, 7) is 1.91. The average molecular weight is 275 g/mol. The fourth-order valence-electron chi connectivity index (χ4n) is 2.12.